The zero-order chi connectivity index (χ0) is 25.5. The van der Waals surface area contributed by atoms with Crippen molar-refractivity contribution < 1.29 is 19.7 Å². The fourth-order valence-electron chi connectivity index (χ4n) is 10.4. The van der Waals surface area contributed by atoms with Crippen LogP contribution in [0.15, 0.2) is 0 Å². The Bertz CT molecular complexity index is 768. The number of likely N-dealkylation sites (tertiary alicyclic amines) is 1. The van der Waals surface area contributed by atoms with Gasteiger partial charge in [-0.25, -0.2) is 4.79 Å². The summed E-state index contributed by atoms with van der Waals surface area (Å²) >= 11 is 0. The zero-order valence-electron chi connectivity index (χ0n) is 23.3. The lowest BCUT2D eigenvalue weighted by molar-refractivity contribution is -0.202. The number of nitrogens with zero attached hydrogens (tertiary/aromatic N) is 1. The highest BCUT2D eigenvalue weighted by Gasteiger charge is 2.64. The minimum Gasteiger partial charge on any atom is -0.449 e. The second-order valence-electron chi connectivity index (χ2n) is 13.9. The van der Waals surface area contributed by atoms with Gasteiger partial charge in [-0.3, -0.25) is 0 Å². The summed E-state index contributed by atoms with van der Waals surface area (Å²) in [5.74, 6) is 3.21. The molecule has 1 saturated heterocycles. The lowest BCUT2D eigenvalue weighted by atomic mass is 9.41. The third-order valence-corrected chi connectivity index (χ3v) is 12.4. The SMILES string of the molecule is CC[C@H]1[C@@H](O)[C@@H]2[C@H](CC[C@]3(C)[C@@H](CCCCOC(=O)N4CCCCC4)CC[C@@H]23)[C@@]2(C)CC[C@@H](O)C[C@@H]12. The Balaban J connectivity index is 1.18. The van der Waals surface area contributed by atoms with E-state index in [-0.39, 0.29) is 23.7 Å². The molecule has 1 heterocycles. The van der Waals surface area contributed by atoms with E-state index in [9.17, 15) is 15.0 Å². The molecule has 206 valence electrons. The zero-order valence-corrected chi connectivity index (χ0v) is 23.3. The van der Waals surface area contributed by atoms with Gasteiger partial charge in [0.2, 0.25) is 0 Å². The molecule has 5 nitrogen and oxygen atoms in total. The van der Waals surface area contributed by atoms with Crippen molar-refractivity contribution in [2.24, 2.45) is 46.3 Å². The van der Waals surface area contributed by atoms with Crippen LogP contribution in [0.1, 0.15) is 111 Å². The standard InChI is InChI=1S/C31H53NO4/c1-4-23-26-20-22(33)13-15-31(26,3)25-14-16-30(2)21(11-12-24(30)27(25)28(23)34)10-6-9-19-36-29(35)32-17-7-5-8-18-32/h21-28,33-34H,4-20H2,1-3H3/t21-,22+,23+,24-,25-,26-,27-,28+,30+,31+/m0/s1. The maximum absolute atomic E-state index is 12.3. The largest absolute Gasteiger partial charge is 0.449 e. The molecule has 2 N–H and O–H groups in total. The van der Waals surface area contributed by atoms with Gasteiger partial charge in [-0.15, -0.1) is 0 Å². The van der Waals surface area contributed by atoms with Crippen molar-refractivity contribution in [3.05, 3.63) is 0 Å². The Kier molecular flexibility index (Phi) is 8.00. The van der Waals surface area contributed by atoms with Crippen LogP contribution in [-0.4, -0.2) is 53.1 Å². The Hall–Kier alpha value is -0.810. The smallest absolute Gasteiger partial charge is 0.409 e. The van der Waals surface area contributed by atoms with Crippen molar-refractivity contribution in [1.29, 1.82) is 0 Å². The molecule has 5 fully saturated rings. The molecular formula is C31H53NO4. The Morgan fingerprint density at radius 1 is 0.917 bits per heavy atom. The molecule has 4 aliphatic carbocycles. The summed E-state index contributed by atoms with van der Waals surface area (Å²) in [6, 6.07) is 0. The normalized spacial score (nSPS) is 46.5. The molecule has 36 heavy (non-hydrogen) atoms. The van der Waals surface area contributed by atoms with Gasteiger partial charge in [0.05, 0.1) is 18.8 Å². The Morgan fingerprint density at radius 2 is 1.64 bits per heavy atom. The Morgan fingerprint density at radius 3 is 2.39 bits per heavy atom. The van der Waals surface area contributed by atoms with Crippen LogP contribution in [0.3, 0.4) is 0 Å². The van der Waals surface area contributed by atoms with Gasteiger partial charge in [0.15, 0.2) is 0 Å². The number of aliphatic hydroxyl groups is 2. The second kappa shape index (κ2) is 10.8. The third-order valence-electron chi connectivity index (χ3n) is 12.4. The predicted octanol–water partition coefficient (Wildman–Crippen LogP) is 6.41. The molecule has 5 rings (SSSR count). The number of hydrogen-bond donors (Lipinski definition) is 2. The summed E-state index contributed by atoms with van der Waals surface area (Å²) in [4.78, 5) is 14.2. The number of piperidine rings is 1. The van der Waals surface area contributed by atoms with Crippen LogP contribution in [0.25, 0.3) is 0 Å². The second-order valence-corrected chi connectivity index (χ2v) is 13.9. The van der Waals surface area contributed by atoms with Crippen LogP contribution in [0.2, 0.25) is 0 Å². The maximum Gasteiger partial charge on any atom is 0.409 e. The highest BCUT2D eigenvalue weighted by atomic mass is 16.6. The average Bonchev–Trinajstić information content (AvgIpc) is 3.21. The van der Waals surface area contributed by atoms with Crippen LogP contribution in [0, 0.1) is 46.3 Å². The van der Waals surface area contributed by atoms with Crippen molar-refractivity contribution >= 4 is 6.09 Å². The maximum atomic E-state index is 12.3. The molecule has 0 unspecified atom stereocenters. The minimum atomic E-state index is -0.207. The molecule has 1 aliphatic heterocycles. The highest BCUT2D eigenvalue weighted by Crippen LogP contribution is 2.69. The van der Waals surface area contributed by atoms with E-state index in [1.54, 1.807) is 0 Å². The van der Waals surface area contributed by atoms with E-state index in [1.807, 2.05) is 4.90 Å². The monoisotopic (exact) mass is 503 g/mol. The number of unbranched alkanes of at least 4 members (excludes halogenated alkanes) is 1. The van der Waals surface area contributed by atoms with E-state index in [1.165, 1.54) is 38.5 Å². The van der Waals surface area contributed by atoms with E-state index in [0.29, 0.717) is 41.6 Å². The molecular weight excluding hydrogens is 450 g/mol. The summed E-state index contributed by atoms with van der Waals surface area (Å²) in [5, 5.41) is 22.3. The van der Waals surface area contributed by atoms with Gasteiger partial charge in [0.1, 0.15) is 0 Å². The first-order chi connectivity index (χ1) is 17.3. The van der Waals surface area contributed by atoms with Gasteiger partial charge in [-0.1, -0.05) is 27.2 Å². The van der Waals surface area contributed by atoms with Gasteiger partial charge in [0, 0.05) is 13.1 Å². The van der Waals surface area contributed by atoms with E-state index in [0.717, 1.165) is 70.4 Å². The first-order valence-corrected chi connectivity index (χ1v) is 15.6. The summed E-state index contributed by atoms with van der Waals surface area (Å²) in [6.45, 7) is 9.59. The van der Waals surface area contributed by atoms with Crippen LogP contribution < -0.4 is 0 Å². The van der Waals surface area contributed by atoms with E-state index < -0.39 is 0 Å². The number of carbonyl (C=O) groups excluding carboxylic acids is 1. The highest BCUT2D eigenvalue weighted by molar-refractivity contribution is 5.67. The van der Waals surface area contributed by atoms with Crippen LogP contribution in [0.5, 0.6) is 0 Å². The quantitative estimate of drug-likeness (QED) is 0.411. The molecule has 0 aromatic heterocycles. The van der Waals surface area contributed by atoms with Gasteiger partial charge < -0.3 is 19.8 Å². The molecule has 0 bridgehead atoms. The van der Waals surface area contributed by atoms with Crippen molar-refractivity contribution in [3.63, 3.8) is 0 Å². The van der Waals surface area contributed by atoms with E-state index in [2.05, 4.69) is 20.8 Å². The van der Waals surface area contributed by atoms with Gasteiger partial charge in [0.25, 0.3) is 0 Å². The number of carbonyl (C=O) groups is 1. The van der Waals surface area contributed by atoms with E-state index in [4.69, 9.17) is 4.74 Å². The van der Waals surface area contributed by atoms with Gasteiger partial charge >= 0.3 is 6.09 Å². The van der Waals surface area contributed by atoms with Crippen molar-refractivity contribution in [1.82, 2.24) is 4.90 Å². The molecule has 1 amide bonds. The topological polar surface area (TPSA) is 70.0 Å². The van der Waals surface area contributed by atoms with Gasteiger partial charge in [-0.05, 0) is 130 Å². The lowest BCUT2D eigenvalue weighted by Crippen LogP contribution is -2.62. The number of fused-ring (bicyclic) bond motifs is 5. The number of amides is 1. The van der Waals surface area contributed by atoms with E-state index >= 15 is 0 Å². The minimum absolute atomic E-state index is 0.111. The van der Waals surface area contributed by atoms with Crippen molar-refractivity contribution in [2.45, 2.75) is 123 Å². The third kappa shape index (κ3) is 4.63. The summed E-state index contributed by atoms with van der Waals surface area (Å²) in [6.07, 6.45) is 15.4. The van der Waals surface area contributed by atoms with Crippen LogP contribution >= 0.6 is 0 Å². The summed E-state index contributed by atoms with van der Waals surface area (Å²) in [7, 11) is 0. The molecule has 0 radical (unpaired) electrons. The number of hydrogen-bond acceptors (Lipinski definition) is 4. The number of ether oxygens (including phenoxy) is 1. The van der Waals surface area contributed by atoms with Crippen LogP contribution in [0.4, 0.5) is 4.79 Å². The van der Waals surface area contributed by atoms with Crippen molar-refractivity contribution in [2.75, 3.05) is 19.7 Å². The molecule has 0 aromatic rings. The number of aliphatic hydroxyl groups excluding tert-OH is 2. The van der Waals surface area contributed by atoms with Crippen LogP contribution in [-0.2, 0) is 4.74 Å². The molecule has 0 spiro atoms. The van der Waals surface area contributed by atoms with Crippen molar-refractivity contribution in [3.8, 4) is 0 Å². The molecule has 5 heteroatoms. The fraction of sp³-hybridized carbons (Fsp3) is 0.968. The first kappa shape index (κ1) is 26.8. The molecule has 4 saturated carbocycles. The summed E-state index contributed by atoms with van der Waals surface area (Å²) in [5.41, 5.74) is 0.615. The molecule has 0 aromatic carbocycles. The average molecular weight is 504 g/mol. The molecule has 5 aliphatic rings. The number of rotatable bonds is 6. The molecule has 10 atom stereocenters. The fourth-order valence-corrected chi connectivity index (χ4v) is 10.4. The first-order valence-electron chi connectivity index (χ1n) is 15.6. The summed E-state index contributed by atoms with van der Waals surface area (Å²) < 4.78 is 5.59. The lowest BCUT2D eigenvalue weighted by Gasteiger charge is -2.64. The Labute approximate surface area is 219 Å². The predicted molar refractivity (Wildman–Crippen MR) is 142 cm³/mol. The van der Waals surface area contributed by atoms with Gasteiger partial charge in [-0.2, -0.15) is 0 Å².